The molecule has 0 radical (unpaired) electrons. The lowest BCUT2D eigenvalue weighted by atomic mass is 10.1. The van der Waals surface area contributed by atoms with Gasteiger partial charge in [-0.3, -0.25) is 9.48 Å². The first-order valence-corrected chi connectivity index (χ1v) is 8.62. The first-order chi connectivity index (χ1) is 12.6. The van der Waals surface area contributed by atoms with Crippen molar-refractivity contribution in [3.05, 3.63) is 53.4 Å². The summed E-state index contributed by atoms with van der Waals surface area (Å²) in [4.78, 5) is 16.9. The standard InChI is InChI=1S/C19H22FN5O2/c1-11-15(10-25(23-11)19(3,4)5)17(26)21-12(2)18-22-16(24-27-18)13-7-6-8-14(20)9-13/h6-10,12H,1-5H3,(H,21,26)/t12-/m0/s1. The van der Waals surface area contributed by atoms with Gasteiger partial charge in [0.15, 0.2) is 0 Å². The summed E-state index contributed by atoms with van der Waals surface area (Å²) in [6.45, 7) is 9.56. The Balaban J connectivity index is 1.75. The van der Waals surface area contributed by atoms with Gasteiger partial charge in [0.05, 0.1) is 16.8 Å². The second-order valence-corrected chi connectivity index (χ2v) is 7.41. The molecule has 0 aliphatic carbocycles. The van der Waals surface area contributed by atoms with Crippen LogP contribution < -0.4 is 5.32 Å². The summed E-state index contributed by atoms with van der Waals surface area (Å²) in [6, 6.07) is 5.41. The van der Waals surface area contributed by atoms with E-state index in [4.69, 9.17) is 4.52 Å². The molecule has 1 N–H and O–H groups in total. The van der Waals surface area contributed by atoms with Gasteiger partial charge in [0, 0.05) is 11.8 Å². The van der Waals surface area contributed by atoms with Crippen molar-refractivity contribution in [2.45, 2.75) is 46.2 Å². The van der Waals surface area contributed by atoms with Gasteiger partial charge in [0.25, 0.3) is 5.91 Å². The maximum Gasteiger partial charge on any atom is 0.255 e. The predicted octanol–water partition coefficient (Wildman–Crippen LogP) is 3.63. The summed E-state index contributed by atoms with van der Waals surface area (Å²) >= 11 is 0. The third kappa shape index (κ3) is 4.05. The number of carbonyl (C=O) groups excluding carboxylic acids is 1. The third-order valence-corrected chi connectivity index (χ3v) is 4.07. The van der Waals surface area contributed by atoms with Crippen molar-refractivity contribution in [1.29, 1.82) is 0 Å². The molecule has 2 aromatic heterocycles. The summed E-state index contributed by atoms with van der Waals surface area (Å²) in [5.74, 6) is -0.154. The quantitative estimate of drug-likeness (QED) is 0.757. The van der Waals surface area contributed by atoms with Crippen molar-refractivity contribution in [3.8, 4) is 11.4 Å². The van der Waals surface area contributed by atoms with Crippen molar-refractivity contribution in [3.63, 3.8) is 0 Å². The molecule has 0 unspecified atom stereocenters. The molecule has 0 saturated heterocycles. The minimum Gasteiger partial charge on any atom is -0.340 e. The van der Waals surface area contributed by atoms with Crippen LogP contribution in [-0.4, -0.2) is 25.8 Å². The van der Waals surface area contributed by atoms with E-state index >= 15 is 0 Å². The molecule has 3 rings (SSSR count). The van der Waals surface area contributed by atoms with Crippen LogP contribution >= 0.6 is 0 Å². The molecule has 3 aromatic rings. The van der Waals surface area contributed by atoms with Gasteiger partial charge < -0.3 is 9.84 Å². The first kappa shape index (κ1) is 18.8. The number of nitrogens with zero attached hydrogens (tertiary/aromatic N) is 4. The highest BCUT2D eigenvalue weighted by Gasteiger charge is 2.23. The van der Waals surface area contributed by atoms with Gasteiger partial charge in [-0.1, -0.05) is 17.3 Å². The molecule has 0 saturated carbocycles. The van der Waals surface area contributed by atoms with Crippen LogP contribution in [-0.2, 0) is 5.54 Å². The predicted molar refractivity (Wildman–Crippen MR) is 97.5 cm³/mol. The molecular formula is C19H22FN5O2. The average Bonchev–Trinajstić information content (AvgIpc) is 3.21. The minimum absolute atomic E-state index is 0.221. The lowest BCUT2D eigenvalue weighted by molar-refractivity contribution is 0.0931. The molecule has 1 atom stereocenters. The molecule has 0 aliphatic heterocycles. The van der Waals surface area contributed by atoms with Gasteiger partial charge in [-0.2, -0.15) is 10.1 Å². The van der Waals surface area contributed by atoms with Crippen molar-refractivity contribution in [2.75, 3.05) is 0 Å². The number of carbonyl (C=O) groups is 1. The fraction of sp³-hybridized carbons (Fsp3) is 0.368. The molecule has 1 aromatic carbocycles. The van der Waals surface area contributed by atoms with Crippen LogP contribution in [0.3, 0.4) is 0 Å². The number of hydrogen-bond acceptors (Lipinski definition) is 5. The van der Waals surface area contributed by atoms with Crippen LogP contribution in [0.15, 0.2) is 35.0 Å². The molecule has 1 amide bonds. The molecule has 0 fully saturated rings. The lowest BCUT2D eigenvalue weighted by Gasteiger charge is -2.18. The Kier molecular flexibility index (Phi) is 4.82. The number of hydrogen-bond donors (Lipinski definition) is 1. The van der Waals surface area contributed by atoms with Crippen LogP contribution in [0.5, 0.6) is 0 Å². The van der Waals surface area contributed by atoms with Gasteiger partial charge >= 0.3 is 0 Å². The molecule has 0 bridgehead atoms. The maximum atomic E-state index is 13.4. The van der Waals surface area contributed by atoms with Crippen molar-refractivity contribution >= 4 is 5.91 Å². The molecule has 2 heterocycles. The first-order valence-electron chi connectivity index (χ1n) is 8.62. The number of aromatic nitrogens is 4. The number of rotatable bonds is 4. The largest absolute Gasteiger partial charge is 0.340 e. The van der Waals surface area contributed by atoms with E-state index in [-0.39, 0.29) is 29.0 Å². The van der Waals surface area contributed by atoms with Gasteiger partial charge in [-0.25, -0.2) is 4.39 Å². The highest BCUT2D eigenvalue weighted by Crippen LogP contribution is 2.20. The fourth-order valence-electron chi connectivity index (χ4n) is 2.52. The van der Waals surface area contributed by atoms with Crippen LogP contribution in [0.1, 0.15) is 55.7 Å². The second kappa shape index (κ2) is 6.94. The van der Waals surface area contributed by atoms with Crippen LogP contribution in [0, 0.1) is 12.7 Å². The Morgan fingerprint density at radius 3 is 2.70 bits per heavy atom. The highest BCUT2D eigenvalue weighted by atomic mass is 19.1. The Bertz CT molecular complexity index is 971. The van der Waals surface area contributed by atoms with Crippen LogP contribution in [0.4, 0.5) is 4.39 Å². The number of halogens is 1. The SMILES string of the molecule is Cc1nn(C(C)(C)C)cc1C(=O)N[C@@H](C)c1nc(-c2cccc(F)c2)no1. The molecule has 7 nitrogen and oxygen atoms in total. The normalized spacial score (nSPS) is 12.8. The Hall–Kier alpha value is -3.03. The molecule has 0 spiro atoms. The zero-order valence-corrected chi connectivity index (χ0v) is 15.9. The molecule has 0 aliphatic rings. The number of nitrogens with one attached hydrogen (secondary N) is 1. The molecule has 8 heteroatoms. The average molecular weight is 371 g/mol. The summed E-state index contributed by atoms with van der Waals surface area (Å²) in [5.41, 5.74) is 1.41. The summed E-state index contributed by atoms with van der Waals surface area (Å²) in [6.07, 6.45) is 1.73. The van der Waals surface area contributed by atoms with Crippen LogP contribution in [0.2, 0.25) is 0 Å². The van der Waals surface area contributed by atoms with E-state index in [9.17, 15) is 9.18 Å². The maximum absolute atomic E-state index is 13.4. The van der Waals surface area contributed by atoms with E-state index in [1.54, 1.807) is 36.9 Å². The van der Waals surface area contributed by atoms with E-state index in [0.717, 1.165) is 0 Å². The second-order valence-electron chi connectivity index (χ2n) is 7.41. The smallest absolute Gasteiger partial charge is 0.255 e. The molecule has 142 valence electrons. The summed E-state index contributed by atoms with van der Waals surface area (Å²) in [5, 5.41) is 11.1. The summed E-state index contributed by atoms with van der Waals surface area (Å²) in [7, 11) is 0. The Labute approximate surface area is 156 Å². The van der Waals surface area contributed by atoms with Crippen LogP contribution in [0.25, 0.3) is 11.4 Å². The zero-order valence-electron chi connectivity index (χ0n) is 15.9. The fourth-order valence-corrected chi connectivity index (χ4v) is 2.52. The summed E-state index contributed by atoms with van der Waals surface area (Å²) < 4.78 is 20.3. The third-order valence-electron chi connectivity index (χ3n) is 4.07. The Morgan fingerprint density at radius 2 is 2.07 bits per heavy atom. The number of benzene rings is 1. The number of amides is 1. The van der Waals surface area contributed by atoms with Crippen molar-refractivity contribution in [1.82, 2.24) is 25.2 Å². The van der Waals surface area contributed by atoms with E-state index in [1.807, 2.05) is 20.8 Å². The van der Waals surface area contributed by atoms with E-state index < -0.39 is 6.04 Å². The van der Waals surface area contributed by atoms with Crippen molar-refractivity contribution in [2.24, 2.45) is 0 Å². The van der Waals surface area contributed by atoms with Gasteiger partial charge in [-0.15, -0.1) is 0 Å². The lowest BCUT2D eigenvalue weighted by Crippen LogP contribution is -2.27. The van der Waals surface area contributed by atoms with Gasteiger partial charge in [-0.05, 0) is 46.8 Å². The van der Waals surface area contributed by atoms with E-state index in [1.165, 1.54) is 12.1 Å². The zero-order chi connectivity index (χ0) is 19.8. The van der Waals surface area contributed by atoms with Gasteiger partial charge in [0.2, 0.25) is 11.7 Å². The Morgan fingerprint density at radius 1 is 1.33 bits per heavy atom. The molecular weight excluding hydrogens is 349 g/mol. The van der Waals surface area contributed by atoms with E-state index in [0.29, 0.717) is 16.8 Å². The molecule has 27 heavy (non-hydrogen) atoms. The number of aryl methyl sites for hydroxylation is 1. The van der Waals surface area contributed by atoms with Gasteiger partial charge in [0.1, 0.15) is 11.9 Å². The monoisotopic (exact) mass is 371 g/mol. The minimum atomic E-state index is -0.510. The van der Waals surface area contributed by atoms with E-state index in [2.05, 4.69) is 20.6 Å². The van der Waals surface area contributed by atoms with Crippen molar-refractivity contribution < 1.29 is 13.7 Å². The topological polar surface area (TPSA) is 85.8 Å². The highest BCUT2D eigenvalue weighted by molar-refractivity contribution is 5.95.